The molecule has 1 unspecified atom stereocenters. The molecule has 3 nitrogen and oxygen atoms in total. The zero-order chi connectivity index (χ0) is 10.8. The predicted molar refractivity (Wildman–Crippen MR) is 58.8 cm³/mol. The largest absolute Gasteiger partial charge is 0.367 e. The van der Waals surface area contributed by atoms with E-state index in [1.165, 1.54) is 5.56 Å². The summed E-state index contributed by atoms with van der Waals surface area (Å²) < 4.78 is 16.7. The molecule has 2 aliphatic rings. The van der Waals surface area contributed by atoms with E-state index in [1.54, 1.807) is 0 Å². The Kier molecular flexibility index (Phi) is 2.74. The second-order valence-corrected chi connectivity index (χ2v) is 4.02. The molecule has 0 N–H and O–H groups in total. The molecule has 1 fully saturated rings. The Morgan fingerprint density at radius 3 is 2.94 bits per heavy atom. The van der Waals surface area contributed by atoms with Crippen LogP contribution in [-0.2, 0) is 20.8 Å². The van der Waals surface area contributed by atoms with Gasteiger partial charge in [0.25, 0.3) is 0 Å². The van der Waals surface area contributed by atoms with E-state index in [9.17, 15) is 0 Å². The Morgan fingerprint density at radius 2 is 2.06 bits per heavy atom. The van der Waals surface area contributed by atoms with E-state index in [2.05, 4.69) is 12.1 Å². The van der Waals surface area contributed by atoms with Crippen molar-refractivity contribution in [2.24, 2.45) is 0 Å². The monoisotopic (exact) mass is 218 g/mol. The van der Waals surface area contributed by atoms with E-state index in [0.29, 0.717) is 13.2 Å². The van der Waals surface area contributed by atoms with Crippen LogP contribution in [0.25, 0.3) is 0 Å². The molecule has 3 rings (SSSR count). The highest BCUT2D eigenvalue weighted by Crippen LogP contribution is 2.24. The summed E-state index contributed by atoms with van der Waals surface area (Å²) in [5.41, 5.74) is 1.18. The van der Waals surface area contributed by atoms with Gasteiger partial charge < -0.3 is 14.2 Å². The lowest BCUT2D eigenvalue weighted by atomic mass is 10.1. The van der Waals surface area contributed by atoms with Crippen molar-refractivity contribution in [2.45, 2.75) is 25.1 Å². The van der Waals surface area contributed by atoms with Gasteiger partial charge in [0.15, 0.2) is 6.29 Å². The van der Waals surface area contributed by atoms with Crippen molar-refractivity contribution in [3.05, 3.63) is 48.0 Å². The molecule has 1 saturated heterocycles. The van der Waals surface area contributed by atoms with Gasteiger partial charge in [0, 0.05) is 0 Å². The molecule has 0 spiro atoms. The van der Waals surface area contributed by atoms with Crippen molar-refractivity contribution in [1.29, 1.82) is 0 Å². The van der Waals surface area contributed by atoms with E-state index in [0.717, 1.165) is 0 Å². The Morgan fingerprint density at radius 1 is 1.19 bits per heavy atom. The standard InChI is InChI=1S/C13H14O3/c1-2-4-10(5-3-1)8-14-11-6-7-13-15-9-12(11)16-13/h1-7,11-13H,8-9H2/t11-,12+,13?/m0/s1. The molecule has 0 amide bonds. The van der Waals surface area contributed by atoms with Crippen LogP contribution in [0.3, 0.4) is 0 Å². The number of hydrogen-bond donors (Lipinski definition) is 0. The van der Waals surface area contributed by atoms with Crippen molar-refractivity contribution in [3.8, 4) is 0 Å². The van der Waals surface area contributed by atoms with Crippen molar-refractivity contribution < 1.29 is 14.2 Å². The highest BCUT2D eigenvalue weighted by Gasteiger charge is 2.34. The molecule has 3 heteroatoms. The first kappa shape index (κ1) is 10.0. The normalized spacial score (nSPS) is 31.9. The maximum Gasteiger partial charge on any atom is 0.177 e. The first-order valence-corrected chi connectivity index (χ1v) is 5.53. The minimum atomic E-state index is -0.151. The average Bonchev–Trinajstić information content (AvgIpc) is 2.72. The summed E-state index contributed by atoms with van der Waals surface area (Å²) >= 11 is 0. The third-order valence-corrected chi connectivity index (χ3v) is 2.84. The molecule has 1 aromatic rings. The van der Waals surface area contributed by atoms with Crippen molar-refractivity contribution >= 4 is 0 Å². The van der Waals surface area contributed by atoms with Crippen LogP contribution in [0, 0.1) is 0 Å². The van der Waals surface area contributed by atoms with E-state index in [-0.39, 0.29) is 18.5 Å². The van der Waals surface area contributed by atoms with Gasteiger partial charge in [0.2, 0.25) is 0 Å². The number of rotatable bonds is 3. The van der Waals surface area contributed by atoms with Gasteiger partial charge in [0.1, 0.15) is 12.2 Å². The number of hydrogen-bond acceptors (Lipinski definition) is 3. The van der Waals surface area contributed by atoms with Gasteiger partial charge in [-0.1, -0.05) is 36.4 Å². The van der Waals surface area contributed by atoms with Crippen molar-refractivity contribution in [1.82, 2.24) is 0 Å². The Hall–Kier alpha value is -1.16. The maximum absolute atomic E-state index is 5.81. The summed E-state index contributed by atoms with van der Waals surface area (Å²) in [4.78, 5) is 0. The molecule has 1 aromatic carbocycles. The van der Waals surface area contributed by atoms with Gasteiger partial charge in [-0.25, -0.2) is 0 Å². The van der Waals surface area contributed by atoms with Gasteiger partial charge in [0.05, 0.1) is 13.2 Å². The SMILES string of the molecule is C1=C[C@H](OCc2ccccc2)[C@H]2COC1O2. The summed E-state index contributed by atoms with van der Waals surface area (Å²) in [5, 5.41) is 0. The molecule has 0 radical (unpaired) electrons. The van der Waals surface area contributed by atoms with Crippen LogP contribution in [0.5, 0.6) is 0 Å². The Bertz CT molecular complexity index is 374. The minimum Gasteiger partial charge on any atom is -0.367 e. The number of benzene rings is 1. The van der Waals surface area contributed by atoms with Crippen LogP contribution in [0.1, 0.15) is 5.56 Å². The summed E-state index contributed by atoms with van der Waals surface area (Å²) in [6.07, 6.45) is 3.87. The van der Waals surface area contributed by atoms with Crippen molar-refractivity contribution in [3.63, 3.8) is 0 Å². The fourth-order valence-electron chi connectivity index (χ4n) is 1.97. The summed E-state index contributed by atoms with van der Waals surface area (Å²) in [6.45, 7) is 1.23. The van der Waals surface area contributed by atoms with Crippen LogP contribution >= 0.6 is 0 Å². The average molecular weight is 218 g/mol. The van der Waals surface area contributed by atoms with Crippen LogP contribution in [0.4, 0.5) is 0 Å². The topological polar surface area (TPSA) is 27.7 Å². The molecular weight excluding hydrogens is 204 g/mol. The maximum atomic E-state index is 5.81. The van der Waals surface area contributed by atoms with E-state index < -0.39 is 0 Å². The predicted octanol–water partition coefficient (Wildman–Crippen LogP) is 1.88. The summed E-state index contributed by atoms with van der Waals surface area (Å²) in [6, 6.07) is 10.1. The Balaban J connectivity index is 1.60. The lowest BCUT2D eigenvalue weighted by molar-refractivity contribution is -0.0749. The minimum absolute atomic E-state index is 0.0129. The highest BCUT2D eigenvalue weighted by atomic mass is 16.7. The van der Waals surface area contributed by atoms with Gasteiger partial charge in [-0.15, -0.1) is 0 Å². The lowest BCUT2D eigenvalue weighted by Crippen LogP contribution is -2.32. The van der Waals surface area contributed by atoms with Gasteiger partial charge >= 0.3 is 0 Å². The van der Waals surface area contributed by atoms with Crippen molar-refractivity contribution in [2.75, 3.05) is 6.61 Å². The first-order chi connectivity index (χ1) is 7.92. The van der Waals surface area contributed by atoms with Crippen LogP contribution < -0.4 is 0 Å². The van der Waals surface area contributed by atoms with Crippen LogP contribution in [-0.4, -0.2) is 25.1 Å². The molecule has 0 aliphatic carbocycles. The molecule has 2 aliphatic heterocycles. The molecular formula is C13H14O3. The molecule has 84 valence electrons. The molecule has 0 aromatic heterocycles. The molecule has 0 saturated carbocycles. The van der Waals surface area contributed by atoms with E-state index in [1.807, 2.05) is 30.4 Å². The van der Waals surface area contributed by atoms with Gasteiger partial charge in [-0.05, 0) is 11.6 Å². The zero-order valence-corrected chi connectivity index (χ0v) is 8.91. The fourth-order valence-corrected chi connectivity index (χ4v) is 1.97. The smallest absolute Gasteiger partial charge is 0.177 e. The quantitative estimate of drug-likeness (QED) is 0.725. The molecule has 3 atom stereocenters. The van der Waals surface area contributed by atoms with Gasteiger partial charge in [-0.2, -0.15) is 0 Å². The summed E-state index contributed by atoms with van der Waals surface area (Å²) in [5.74, 6) is 0. The zero-order valence-electron chi connectivity index (χ0n) is 8.91. The van der Waals surface area contributed by atoms with E-state index in [4.69, 9.17) is 14.2 Å². The molecule has 16 heavy (non-hydrogen) atoms. The summed E-state index contributed by atoms with van der Waals surface area (Å²) in [7, 11) is 0. The number of ether oxygens (including phenoxy) is 3. The van der Waals surface area contributed by atoms with E-state index >= 15 is 0 Å². The molecule has 2 bridgehead atoms. The van der Waals surface area contributed by atoms with Crippen LogP contribution in [0.15, 0.2) is 42.5 Å². The van der Waals surface area contributed by atoms with Crippen LogP contribution in [0.2, 0.25) is 0 Å². The van der Waals surface area contributed by atoms with Gasteiger partial charge in [-0.3, -0.25) is 0 Å². The highest BCUT2D eigenvalue weighted by molar-refractivity contribution is 5.14. The third kappa shape index (κ3) is 2.02. The number of fused-ring (bicyclic) bond motifs is 2. The lowest BCUT2D eigenvalue weighted by Gasteiger charge is -2.22. The Labute approximate surface area is 94.6 Å². The second-order valence-electron chi connectivity index (χ2n) is 4.02. The fraction of sp³-hybridized carbons (Fsp3) is 0.385. The first-order valence-electron chi connectivity index (χ1n) is 5.53. The second kappa shape index (κ2) is 4.37. The molecule has 2 heterocycles. The third-order valence-electron chi connectivity index (χ3n) is 2.84.